The van der Waals surface area contributed by atoms with Gasteiger partial charge in [-0.15, -0.1) is 0 Å². The van der Waals surface area contributed by atoms with Gasteiger partial charge in [-0.1, -0.05) is 0 Å². The summed E-state index contributed by atoms with van der Waals surface area (Å²) in [5.74, 6) is -0.638. The Labute approximate surface area is 97.1 Å². The molecule has 2 aromatic rings. The number of aromatic carboxylic acids is 1. The van der Waals surface area contributed by atoms with E-state index < -0.39 is 5.97 Å². The Hall–Kier alpha value is -2.44. The highest BCUT2D eigenvalue weighted by Gasteiger charge is 2.09. The van der Waals surface area contributed by atoms with Gasteiger partial charge in [-0.25, -0.2) is 14.8 Å². The van der Waals surface area contributed by atoms with Crippen molar-refractivity contribution in [2.45, 2.75) is 6.54 Å². The molecule has 0 saturated heterocycles. The van der Waals surface area contributed by atoms with Gasteiger partial charge in [0.25, 0.3) is 0 Å². The highest BCUT2D eigenvalue weighted by Crippen LogP contribution is 2.10. The van der Waals surface area contributed by atoms with Crippen LogP contribution in [0.4, 0.5) is 5.82 Å². The summed E-state index contributed by atoms with van der Waals surface area (Å²) in [6.45, 7) is 1.12. The van der Waals surface area contributed by atoms with Gasteiger partial charge in [0.05, 0.1) is 6.54 Å². The van der Waals surface area contributed by atoms with E-state index in [4.69, 9.17) is 5.11 Å². The quantitative estimate of drug-likeness (QED) is 0.780. The number of aromatic nitrogens is 4. The standard InChI is InChI=1S/C10H11N5O2/c16-10(17)8-2-1-3-12-9(8)13-4-5-15-7-11-6-14-15/h1-3,6-7H,4-5H2,(H,12,13)(H,16,17). The van der Waals surface area contributed by atoms with E-state index in [-0.39, 0.29) is 5.56 Å². The lowest BCUT2D eigenvalue weighted by Gasteiger charge is -2.07. The summed E-state index contributed by atoms with van der Waals surface area (Å²) in [5, 5.41) is 15.8. The first kappa shape index (κ1) is 11.1. The van der Waals surface area contributed by atoms with Crippen LogP contribution in [0.3, 0.4) is 0 Å². The summed E-state index contributed by atoms with van der Waals surface area (Å²) in [6.07, 6.45) is 4.59. The first-order chi connectivity index (χ1) is 8.27. The Morgan fingerprint density at radius 1 is 1.53 bits per heavy atom. The van der Waals surface area contributed by atoms with Crippen LogP contribution in [0.2, 0.25) is 0 Å². The predicted octanol–water partition coefficient (Wildman–Crippen LogP) is 0.483. The highest BCUT2D eigenvalue weighted by molar-refractivity contribution is 5.92. The summed E-state index contributed by atoms with van der Waals surface area (Å²) in [7, 11) is 0. The number of rotatable bonds is 5. The zero-order chi connectivity index (χ0) is 12.1. The third kappa shape index (κ3) is 2.77. The number of pyridine rings is 1. The van der Waals surface area contributed by atoms with Crippen LogP contribution in [0.1, 0.15) is 10.4 Å². The summed E-state index contributed by atoms with van der Waals surface area (Å²) in [6, 6.07) is 3.10. The third-order valence-corrected chi connectivity index (χ3v) is 2.14. The lowest BCUT2D eigenvalue weighted by atomic mass is 10.2. The van der Waals surface area contributed by atoms with Gasteiger partial charge in [-0.2, -0.15) is 5.10 Å². The predicted molar refractivity (Wildman–Crippen MR) is 59.7 cm³/mol. The number of hydrogen-bond acceptors (Lipinski definition) is 5. The molecule has 2 rings (SSSR count). The van der Waals surface area contributed by atoms with Crippen LogP contribution in [0.25, 0.3) is 0 Å². The van der Waals surface area contributed by atoms with E-state index in [9.17, 15) is 4.79 Å². The van der Waals surface area contributed by atoms with Crippen LogP contribution >= 0.6 is 0 Å². The van der Waals surface area contributed by atoms with Crippen molar-refractivity contribution >= 4 is 11.8 Å². The Bertz CT molecular complexity index is 497. The van der Waals surface area contributed by atoms with Crippen LogP contribution in [0.15, 0.2) is 31.0 Å². The molecule has 0 aromatic carbocycles. The highest BCUT2D eigenvalue weighted by atomic mass is 16.4. The van der Waals surface area contributed by atoms with Crippen LogP contribution in [0.5, 0.6) is 0 Å². The molecule has 0 aliphatic heterocycles. The summed E-state index contributed by atoms with van der Waals surface area (Å²) in [5.41, 5.74) is 0.158. The number of nitrogens with one attached hydrogen (secondary N) is 1. The summed E-state index contributed by atoms with van der Waals surface area (Å²) < 4.78 is 1.65. The average molecular weight is 233 g/mol. The number of carboxylic acids is 1. The maximum atomic E-state index is 10.9. The van der Waals surface area contributed by atoms with E-state index in [1.165, 1.54) is 12.4 Å². The second-order valence-electron chi connectivity index (χ2n) is 3.29. The van der Waals surface area contributed by atoms with Crippen LogP contribution in [-0.2, 0) is 6.54 Å². The number of anilines is 1. The molecule has 0 amide bonds. The first-order valence-corrected chi connectivity index (χ1v) is 5.02. The van der Waals surface area contributed by atoms with Crippen LogP contribution in [0, 0.1) is 0 Å². The van der Waals surface area contributed by atoms with Crippen molar-refractivity contribution < 1.29 is 9.90 Å². The fourth-order valence-corrected chi connectivity index (χ4v) is 1.36. The zero-order valence-electron chi connectivity index (χ0n) is 8.95. The van der Waals surface area contributed by atoms with Crippen molar-refractivity contribution in [3.63, 3.8) is 0 Å². The number of carboxylic acid groups (broad SMARTS) is 1. The number of nitrogens with zero attached hydrogens (tertiary/aromatic N) is 4. The molecule has 0 radical (unpaired) electrons. The first-order valence-electron chi connectivity index (χ1n) is 5.02. The molecule has 2 heterocycles. The van der Waals surface area contributed by atoms with Crippen molar-refractivity contribution in [2.24, 2.45) is 0 Å². The van der Waals surface area contributed by atoms with Crippen molar-refractivity contribution in [2.75, 3.05) is 11.9 Å². The lowest BCUT2D eigenvalue weighted by molar-refractivity contribution is 0.0697. The minimum Gasteiger partial charge on any atom is -0.478 e. The van der Waals surface area contributed by atoms with Gasteiger partial charge in [0.1, 0.15) is 24.0 Å². The monoisotopic (exact) mass is 233 g/mol. The van der Waals surface area contributed by atoms with Crippen molar-refractivity contribution in [1.29, 1.82) is 0 Å². The van der Waals surface area contributed by atoms with Gasteiger partial charge in [0, 0.05) is 12.7 Å². The molecule has 2 aromatic heterocycles. The summed E-state index contributed by atoms with van der Waals surface area (Å²) >= 11 is 0. The molecule has 0 spiro atoms. The maximum Gasteiger partial charge on any atom is 0.339 e. The van der Waals surface area contributed by atoms with E-state index in [0.29, 0.717) is 18.9 Å². The second-order valence-corrected chi connectivity index (χ2v) is 3.29. The van der Waals surface area contributed by atoms with E-state index in [2.05, 4.69) is 20.4 Å². The fraction of sp³-hybridized carbons (Fsp3) is 0.200. The average Bonchev–Trinajstić information content (AvgIpc) is 2.82. The second kappa shape index (κ2) is 5.06. The zero-order valence-corrected chi connectivity index (χ0v) is 8.95. The van der Waals surface area contributed by atoms with Crippen LogP contribution in [-0.4, -0.2) is 37.4 Å². The molecule has 2 N–H and O–H groups in total. The molecule has 0 aliphatic rings. The minimum absolute atomic E-state index is 0.158. The molecular formula is C10H11N5O2. The molecule has 0 fully saturated rings. The Morgan fingerprint density at radius 2 is 2.41 bits per heavy atom. The van der Waals surface area contributed by atoms with E-state index >= 15 is 0 Å². The number of hydrogen-bond donors (Lipinski definition) is 2. The van der Waals surface area contributed by atoms with Crippen molar-refractivity contribution in [3.8, 4) is 0 Å². The smallest absolute Gasteiger partial charge is 0.339 e. The molecule has 0 aliphatic carbocycles. The van der Waals surface area contributed by atoms with E-state index in [1.54, 1.807) is 23.3 Å². The molecule has 7 heteroatoms. The minimum atomic E-state index is -0.999. The Morgan fingerprint density at radius 3 is 3.12 bits per heavy atom. The molecule has 0 atom stereocenters. The third-order valence-electron chi connectivity index (χ3n) is 2.14. The molecule has 17 heavy (non-hydrogen) atoms. The van der Waals surface area contributed by atoms with Gasteiger partial charge < -0.3 is 10.4 Å². The molecule has 7 nitrogen and oxygen atoms in total. The van der Waals surface area contributed by atoms with Gasteiger partial charge >= 0.3 is 5.97 Å². The largest absolute Gasteiger partial charge is 0.478 e. The van der Waals surface area contributed by atoms with Gasteiger partial charge in [0.15, 0.2) is 0 Å². The van der Waals surface area contributed by atoms with Crippen molar-refractivity contribution in [1.82, 2.24) is 19.7 Å². The van der Waals surface area contributed by atoms with Gasteiger partial charge in [0.2, 0.25) is 0 Å². The Kier molecular flexibility index (Phi) is 3.29. The van der Waals surface area contributed by atoms with E-state index in [1.807, 2.05) is 0 Å². The molecule has 0 saturated carbocycles. The SMILES string of the molecule is O=C(O)c1cccnc1NCCn1cncn1. The molecule has 0 unspecified atom stereocenters. The lowest BCUT2D eigenvalue weighted by Crippen LogP contribution is -2.14. The van der Waals surface area contributed by atoms with E-state index in [0.717, 1.165) is 0 Å². The fourth-order valence-electron chi connectivity index (χ4n) is 1.36. The summed E-state index contributed by atoms with van der Waals surface area (Å²) in [4.78, 5) is 18.7. The molecular weight excluding hydrogens is 222 g/mol. The normalized spacial score (nSPS) is 10.1. The molecule has 0 bridgehead atoms. The van der Waals surface area contributed by atoms with Gasteiger partial charge in [-0.05, 0) is 12.1 Å². The van der Waals surface area contributed by atoms with Crippen molar-refractivity contribution in [3.05, 3.63) is 36.5 Å². The van der Waals surface area contributed by atoms with Gasteiger partial charge in [-0.3, -0.25) is 4.68 Å². The van der Waals surface area contributed by atoms with Crippen LogP contribution < -0.4 is 5.32 Å². The number of carbonyl (C=O) groups is 1. The maximum absolute atomic E-state index is 10.9. The topological polar surface area (TPSA) is 92.9 Å². The Balaban J connectivity index is 1.97. The molecule has 88 valence electrons.